The van der Waals surface area contributed by atoms with Gasteiger partial charge >= 0.3 is 0 Å². The SMILES string of the molecule is Cc1cn(-c2ccccc2)c(NC(C)c2cccs2)n1. The Morgan fingerprint density at radius 1 is 1.15 bits per heavy atom. The number of aryl methyl sites for hydroxylation is 1. The molecule has 1 aromatic carbocycles. The molecule has 20 heavy (non-hydrogen) atoms. The van der Waals surface area contributed by atoms with Gasteiger partial charge in [0.2, 0.25) is 5.95 Å². The average Bonchev–Trinajstić information content (AvgIpc) is 3.09. The van der Waals surface area contributed by atoms with E-state index in [0.717, 1.165) is 17.3 Å². The van der Waals surface area contributed by atoms with E-state index >= 15 is 0 Å². The Hall–Kier alpha value is -2.07. The number of rotatable bonds is 4. The van der Waals surface area contributed by atoms with Gasteiger partial charge in [-0.1, -0.05) is 24.3 Å². The Morgan fingerprint density at radius 2 is 1.95 bits per heavy atom. The van der Waals surface area contributed by atoms with Crippen LogP contribution in [0, 0.1) is 6.92 Å². The lowest BCUT2D eigenvalue weighted by Crippen LogP contribution is -2.09. The highest BCUT2D eigenvalue weighted by Crippen LogP contribution is 2.24. The maximum atomic E-state index is 4.59. The molecule has 0 radical (unpaired) electrons. The monoisotopic (exact) mass is 283 g/mol. The van der Waals surface area contributed by atoms with Gasteiger partial charge in [0.05, 0.1) is 11.7 Å². The predicted molar refractivity (Wildman–Crippen MR) is 84.7 cm³/mol. The minimum absolute atomic E-state index is 0.249. The largest absolute Gasteiger partial charge is 0.348 e. The van der Waals surface area contributed by atoms with E-state index in [2.05, 4.69) is 57.6 Å². The molecule has 1 atom stereocenters. The molecule has 0 saturated heterocycles. The van der Waals surface area contributed by atoms with E-state index in [1.807, 2.05) is 25.1 Å². The van der Waals surface area contributed by atoms with Crippen LogP contribution in [0.15, 0.2) is 54.0 Å². The van der Waals surface area contributed by atoms with Gasteiger partial charge < -0.3 is 5.32 Å². The van der Waals surface area contributed by atoms with Gasteiger partial charge in [-0.3, -0.25) is 4.57 Å². The molecule has 0 aliphatic carbocycles. The quantitative estimate of drug-likeness (QED) is 0.768. The predicted octanol–water partition coefficient (Wildman–Crippen LogP) is 4.42. The molecule has 0 bridgehead atoms. The number of benzene rings is 1. The molecule has 1 N–H and O–H groups in total. The number of imidazole rings is 1. The van der Waals surface area contributed by atoms with E-state index in [0.29, 0.717) is 0 Å². The van der Waals surface area contributed by atoms with Gasteiger partial charge in [-0.15, -0.1) is 11.3 Å². The molecule has 3 nitrogen and oxygen atoms in total. The fourth-order valence-corrected chi connectivity index (χ4v) is 2.92. The third-order valence-corrected chi connectivity index (χ3v) is 4.23. The second-order valence-corrected chi connectivity index (χ2v) is 5.77. The summed E-state index contributed by atoms with van der Waals surface area (Å²) in [6.07, 6.45) is 2.05. The van der Waals surface area contributed by atoms with E-state index in [9.17, 15) is 0 Å². The van der Waals surface area contributed by atoms with Crippen LogP contribution in [0.3, 0.4) is 0 Å². The Morgan fingerprint density at radius 3 is 2.65 bits per heavy atom. The molecule has 0 fully saturated rings. The van der Waals surface area contributed by atoms with Crippen LogP contribution in [0.2, 0.25) is 0 Å². The lowest BCUT2D eigenvalue weighted by molar-refractivity contribution is 0.868. The smallest absolute Gasteiger partial charge is 0.208 e. The van der Waals surface area contributed by atoms with Crippen LogP contribution in [0.1, 0.15) is 23.5 Å². The van der Waals surface area contributed by atoms with E-state index in [-0.39, 0.29) is 6.04 Å². The minimum Gasteiger partial charge on any atom is -0.348 e. The first-order chi connectivity index (χ1) is 9.74. The third-order valence-electron chi connectivity index (χ3n) is 3.18. The molecule has 0 aliphatic heterocycles. The highest BCUT2D eigenvalue weighted by molar-refractivity contribution is 7.10. The second-order valence-electron chi connectivity index (χ2n) is 4.79. The number of hydrogen-bond acceptors (Lipinski definition) is 3. The summed E-state index contributed by atoms with van der Waals surface area (Å²) >= 11 is 1.76. The van der Waals surface area contributed by atoms with Crippen LogP contribution in [0.25, 0.3) is 5.69 Å². The van der Waals surface area contributed by atoms with E-state index < -0.39 is 0 Å². The standard InChI is InChI=1S/C16H17N3S/c1-12-11-19(14-7-4-3-5-8-14)16(17-12)18-13(2)15-9-6-10-20-15/h3-11,13H,1-2H3,(H,17,18). The third kappa shape index (κ3) is 2.60. The zero-order chi connectivity index (χ0) is 13.9. The topological polar surface area (TPSA) is 29.9 Å². The summed E-state index contributed by atoms with van der Waals surface area (Å²) in [6.45, 7) is 4.17. The first-order valence-corrected chi connectivity index (χ1v) is 7.53. The molecule has 0 spiro atoms. The summed E-state index contributed by atoms with van der Waals surface area (Å²) in [6, 6.07) is 14.7. The molecule has 3 aromatic rings. The number of thiophene rings is 1. The van der Waals surface area contributed by atoms with Crippen LogP contribution >= 0.6 is 11.3 Å². The van der Waals surface area contributed by atoms with E-state index in [4.69, 9.17) is 0 Å². The second kappa shape index (κ2) is 5.51. The first kappa shape index (κ1) is 12.9. The first-order valence-electron chi connectivity index (χ1n) is 6.65. The van der Waals surface area contributed by atoms with Crippen LogP contribution in [-0.4, -0.2) is 9.55 Å². The van der Waals surface area contributed by atoms with Gasteiger partial charge in [0.15, 0.2) is 0 Å². The van der Waals surface area contributed by atoms with Gasteiger partial charge in [0.25, 0.3) is 0 Å². The van der Waals surface area contributed by atoms with Crippen molar-refractivity contribution in [1.82, 2.24) is 9.55 Å². The fraction of sp³-hybridized carbons (Fsp3) is 0.188. The summed E-state index contributed by atoms with van der Waals surface area (Å²) in [5.74, 6) is 0.884. The van der Waals surface area contributed by atoms with Crippen molar-refractivity contribution in [3.63, 3.8) is 0 Å². The van der Waals surface area contributed by atoms with E-state index in [1.54, 1.807) is 11.3 Å². The molecule has 1 unspecified atom stereocenters. The van der Waals surface area contributed by atoms with Crippen molar-refractivity contribution in [1.29, 1.82) is 0 Å². The van der Waals surface area contributed by atoms with Crippen molar-refractivity contribution in [3.05, 3.63) is 64.6 Å². The van der Waals surface area contributed by atoms with Crippen molar-refractivity contribution >= 4 is 17.3 Å². The molecule has 0 saturated carbocycles. The summed E-state index contributed by atoms with van der Waals surface area (Å²) in [5, 5.41) is 5.59. The highest BCUT2D eigenvalue weighted by atomic mass is 32.1. The molecule has 0 amide bonds. The summed E-state index contributed by atoms with van der Waals surface area (Å²) in [5.41, 5.74) is 2.13. The van der Waals surface area contributed by atoms with Crippen LogP contribution in [0.4, 0.5) is 5.95 Å². The summed E-state index contributed by atoms with van der Waals surface area (Å²) in [7, 11) is 0. The molecule has 102 valence electrons. The Balaban J connectivity index is 1.91. The Labute approximate surface area is 122 Å². The van der Waals surface area contributed by atoms with Crippen molar-refractivity contribution < 1.29 is 0 Å². The zero-order valence-electron chi connectivity index (χ0n) is 11.6. The zero-order valence-corrected chi connectivity index (χ0v) is 12.4. The minimum atomic E-state index is 0.249. The Kier molecular flexibility index (Phi) is 3.56. The maximum Gasteiger partial charge on any atom is 0.208 e. The normalized spacial score (nSPS) is 12.3. The van der Waals surface area contributed by atoms with E-state index in [1.165, 1.54) is 4.88 Å². The highest BCUT2D eigenvalue weighted by Gasteiger charge is 2.12. The number of aromatic nitrogens is 2. The molecule has 0 aliphatic rings. The average molecular weight is 283 g/mol. The lowest BCUT2D eigenvalue weighted by Gasteiger charge is -2.14. The van der Waals surface area contributed by atoms with Crippen molar-refractivity contribution in [2.24, 2.45) is 0 Å². The van der Waals surface area contributed by atoms with Gasteiger partial charge in [-0.05, 0) is 37.4 Å². The van der Waals surface area contributed by atoms with Gasteiger partial charge in [0.1, 0.15) is 0 Å². The lowest BCUT2D eigenvalue weighted by atomic mass is 10.3. The molecule has 2 heterocycles. The number of nitrogens with zero attached hydrogens (tertiary/aromatic N) is 2. The molecular weight excluding hydrogens is 266 g/mol. The molecule has 3 rings (SSSR count). The van der Waals surface area contributed by atoms with Crippen molar-refractivity contribution in [3.8, 4) is 5.69 Å². The van der Waals surface area contributed by atoms with Crippen molar-refractivity contribution in [2.45, 2.75) is 19.9 Å². The maximum absolute atomic E-state index is 4.59. The number of anilines is 1. The van der Waals surface area contributed by atoms with Gasteiger partial charge in [-0.25, -0.2) is 4.98 Å². The fourth-order valence-electron chi connectivity index (χ4n) is 2.19. The van der Waals surface area contributed by atoms with Gasteiger partial charge in [0, 0.05) is 16.8 Å². The van der Waals surface area contributed by atoms with Gasteiger partial charge in [-0.2, -0.15) is 0 Å². The van der Waals surface area contributed by atoms with Crippen LogP contribution in [-0.2, 0) is 0 Å². The Bertz CT molecular complexity index is 671. The molecular formula is C16H17N3S. The van der Waals surface area contributed by atoms with Crippen molar-refractivity contribution in [2.75, 3.05) is 5.32 Å². The summed E-state index contributed by atoms with van der Waals surface area (Å²) in [4.78, 5) is 5.90. The molecule has 2 aromatic heterocycles. The van der Waals surface area contributed by atoms with Crippen LogP contribution in [0.5, 0.6) is 0 Å². The number of nitrogens with one attached hydrogen (secondary N) is 1. The van der Waals surface area contributed by atoms with Crippen LogP contribution < -0.4 is 5.32 Å². The number of para-hydroxylation sites is 1. The summed E-state index contributed by atoms with van der Waals surface area (Å²) < 4.78 is 2.10. The molecule has 4 heteroatoms. The number of hydrogen-bond donors (Lipinski definition) is 1.